The summed E-state index contributed by atoms with van der Waals surface area (Å²) in [5, 5.41) is 3.68. The molecule has 0 radical (unpaired) electrons. The Bertz CT molecular complexity index is 230. The van der Waals surface area contributed by atoms with Gasteiger partial charge in [0.1, 0.15) is 0 Å². The molecule has 1 saturated carbocycles. The number of unbranched alkanes of at least 4 members (excludes halogenated alkanes) is 1. The van der Waals surface area contributed by atoms with Crippen molar-refractivity contribution >= 4 is 0 Å². The maximum Gasteiger partial charge on any atom is 0.0471 e. The quantitative estimate of drug-likeness (QED) is 0.629. The average molecular weight is 255 g/mol. The Morgan fingerprint density at radius 2 is 1.78 bits per heavy atom. The van der Waals surface area contributed by atoms with Gasteiger partial charge in [-0.25, -0.2) is 0 Å². The van der Waals surface area contributed by atoms with Crippen LogP contribution in [0.5, 0.6) is 0 Å². The molecule has 0 aromatic rings. The molecule has 0 heterocycles. The lowest BCUT2D eigenvalue weighted by Crippen LogP contribution is -2.44. The Balaban J connectivity index is 2.29. The third-order valence-corrected chi connectivity index (χ3v) is 4.05. The Kier molecular flexibility index (Phi) is 6.13. The van der Waals surface area contributed by atoms with Crippen molar-refractivity contribution in [2.24, 2.45) is 11.3 Å². The standard InChI is InChI=1S/C16H33NO/c1-6-7-11-18-12-10-16(5,14-8-9-14)13-17-15(2,3)4/h14,17H,6-13H2,1-5H3. The summed E-state index contributed by atoms with van der Waals surface area (Å²) in [6, 6.07) is 0. The van der Waals surface area contributed by atoms with Gasteiger partial charge in [0.25, 0.3) is 0 Å². The van der Waals surface area contributed by atoms with Gasteiger partial charge < -0.3 is 10.1 Å². The predicted molar refractivity (Wildman–Crippen MR) is 78.9 cm³/mol. The molecule has 2 heteroatoms. The summed E-state index contributed by atoms with van der Waals surface area (Å²) in [6.45, 7) is 14.4. The van der Waals surface area contributed by atoms with Gasteiger partial charge in [-0.05, 0) is 57.8 Å². The Hall–Kier alpha value is -0.0800. The fourth-order valence-electron chi connectivity index (χ4n) is 2.34. The van der Waals surface area contributed by atoms with Gasteiger partial charge in [-0.2, -0.15) is 0 Å². The molecule has 0 aliphatic heterocycles. The molecule has 1 fully saturated rings. The van der Waals surface area contributed by atoms with E-state index in [1.807, 2.05) is 0 Å². The normalized spacial score (nSPS) is 19.8. The van der Waals surface area contributed by atoms with E-state index < -0.39 is 0 Å². The van der Waals surface area contributed by atoms with E-state index in [9.17, 15) is 0 Å². The maximum absolute atomic E-state index is 5.75. The predicted octanol–water partition coefficient (Wildman–Crippen LogP) is 4.00. The van der Waals surface area contributed by atoms with Crippen LogP contribution < -0.4 is 5.32 Å². The molecule has 1 N–H and O–H groups in total. The fourth-order valence-corrected chi connectivity index (χ4v) is 2.34. The van der Waals surface area contributed by atoms with Gasteiger partial charge in [0, 0.05) is 25.3 Å². The van der Waals surface area contributed by atoms with Crippen molar-refractivity contribution in [3.63, 3.8) is 0 Å². The molecule has 1 aliphatic rings. The summed E-state index contributed by atoms with van der Waals surface area (Å²) in [7, 11) is 0. The van der Waals surface area contributed by atoms with Crippen LogP contribution in [0.4, 0.5) is 0 Å². The minimum absolute atomic E-state index is 0.221. The van der Waals surface area contributed by atoms with Gasteiger partial charge >= 0.3 is 0 Å². The van der Waals surface area contributed by atoms with E-state index in [1.165, 1.54) is 32.1 Å². The lowest BCUT2D eigenvalue weighted by Gasteiger charge is -2.34. The van der Waals surface area contributed by atoms with Crippen molar-refractivity contribution in [1.82, 2.24) is 5.32 Å². The topological polar surface area (TPSA) is 21.3 Å². The summed E-state index contributed by atoms with van der Waals surface area (Å²) in [5.74, 6) is 0.919. The molecule has 1 unspecified atom stereocenters. The zero-order valence-corrected chi connectivity index (χ0v) is 13.1. The lowest BCUT2D eigenvalue weighted by atomic mass is 9.81. The van der Waals surface area contributed by atoms with Crippen molar-refractivity contribution in [3.05, 3.63) is 0 Å². The number of hydrogen-bond acceptors (Lipinski definition) is 2. The van der Waals surface area contributed by atoms with Crippen molar-refractivity contribution in [3.8, 4) is 0 Å². The van der Waals surface area contributed by atoms with Gasteiger partial charge in [-0.1, -0.05) is 20.3 Å². The highest BCUT2D eigenvalue weighted by molar-refractivity contribution is 4.93. The van der Waals surface area contributed by atoms with Crippen LogP contribution in [-0.2, 0) is 4.74 Å². The first-order chi connectivity index (χ1) is 8.37. The van der Waals surface area contributed by atoms with E-state index in [0.29, 0.717) is 5.41 Å². The van der Waals surface area contributed by atoms with E-state index >= 15 is 0 Å². The molecule has 0 bridgehead atoms. The number of rotatable bonds is 9. The molecule has 1 rings (SSSR count). The second kappa shape index (κ2) is 6.91. The summed E-state index contributed by atoms with van der Waals surface area (Å²) < 4.78 is 5.75. The van der Waals surface area contributed by atoms with Crippen LogP contribution in [0.1, 0.15) is 66.7 Å². The average Bonchev–Trinajstić information content (AvgIpc) is 3.09. The van der Waals surface area contributed by atoms with Gasteiger partial charge in [-0.15, -0.1) is 0 Å². The van der Waals surface area contributed by atoms with Crippen LogP contribution in [0.2, 0.25) is 0 Å². The van der Waals surface area contributed by atoms with Crippen molar-refractivity contribution in [2.45, 2.75) is 72.3 Å². The highest BCUT2D eigenvalue weighted by Crippen LogP contribution is 2.47. The van der Waals surface area contributed by atoms with Gasteiger partial charge in [0.15, 0.2) is 0 Å². The minimum Gasteiger partial charge on any atom is -0.381 e. The number of hydrogen-bond donors (Lipinski definition) is 1. The second-order valence-electron chi connectivity index (χ2n) is 7.25. The van der Waals surface area contributed by atoms with Crippen LogP contribution in [0.3, 0.4) is 0 Å². The highest BCUT2D eigenvalue weighted by atomic mass is 16.5. The van der Waals surface area contributed by atoms with Crippen LogP contribution in [0.25, 0.3) is 0 Å². The first-order valence-corrected chi connectivity index (χ1v) is 7.70. The fraction of sp³-hybridized carbons (Fsp3) is 1.00. The minimum atomic E-state index is 0.221. The second-order valence-corrected chi connectivity index (χ2v) is 7.25. The van der Waals surface area contributed by atoms with E-state index in [1.54, 1.807) is 0 Å². The van der Waals surface area contributed by atoms with Crippen LogP contribution in [0.15, 0.2) is 0 Å². The van der Waals surface area contributed by atoms with E-state index in [-0.39, 0.29) is 5.54 Å². The maximum atomic E-state index is 5.75. The third kappa shape index (κ3) is 6.19. The highest BCUT2D eigenvalue weighted by Gasteiger charge is 2.41. The summed E-state index contributed by atoms with van der Waals surface area (Å²) in [4.78, 5) is 0. The molecule has 0 spiro atoms. The molecule has 0 amide bonds. The molecular weight excluding hydrogens is 222 g/mol. The third-order valence-electron chi connectivity index (χ3n) is 4.05. The molecule has 1 aliphatic carbocycles. The van der Waals surface area contributed by atoms with E-state index in [0.717, 1.165) is 25.7 Å². The number of nitrogens with one attached hydrogen (secondary N) is 1. The molecular formula is C16H33NO. The van der Waals surface area contributed by atoms with E-state index in [2.05, 4.69) is 39.9 Å². The van der Waals surface area contributed by atoms with Crippen molar-refractivity contribution < 1.29 is 4.74 Å². The molecule has 1 atom stereocenters. The summed E-state index contributed by atoms with van der Waals surface area (Å²) >= 11 is 0. The van der Waals surface area contributed by atoms with Crippen molar-refractivity contribution in [2.75, 3.05) is 19.8 Å². The van der Waals surface area contributed by atoms with Crippen LogP contribution in [0, 0.1) is 11.3 Å². The zero-order chi connectivity index (χ0) is 13.6. The summed E-state index contributed by atoms with van der Waals surface area (Å²) in [6.07, 6.45) is 6.45. The Morgan fingerprint density at radius 1 is 1.11 bits per heavy atom. The van der Waals surface area contributed by atoms with Gasteiger partial charge in [0.05, 0.1) is 0 Å². The molecule has 2 nitrogen and oxygen atoms in total. The molecule has 18 heavy (non-hydrogen) atoms. The SMILES string of the molecule is CCCCOCCC(C)(CNC(C)(C)C)C1CC1. The lowest BCUT2D eigenvalue weighted by molar-refractivity contribution is 0.0850. The van der Waals surface area contributed by atoms with E-state index in [4.69, 9.17) is 4.74 Å². The molecule has 0 aromatic carbocycles. The smallest absolute Gasteiger partial charge is 0.0471 e. The Morgan fingerprint density at radius 3 is 2.28 bits per heavy atom. The number of ether oxygens (including phenoxy) is 1. The van der Waals surface area contributed by atoms with Gasteiger partial charge in [0.2, 0.25) is 0 Å². The molecule has 0 saturated heterocycles. The first kappa shape index (κ1) is 16.0. The summed E-state index contributed by atoms with van der Waals surface area (Å²) in [5.41, 5.74) is 0.652. The van der Waals surface area contributed by atoms with Crippen molar-refractivity contribution in [1.29, 1.82) is 0 Å². The monoisotopic (exact) mass is 255 g/mol. The largest absolute Gasteiger partial charge is 0.381 e. The van der Waals surface area contributed by atoms with Gasteiger partial charge in [-0.3, -0.25) is 0 Å². The van der Waals surface area contributed by atoms with Crippen LogP contribution >= 0.6 is 0 Å². The first-order valence-electron chi connectivity index (χ1n) is 7.70. The zero-order valence-electron chi connectivity index (χ0n) is 13.1. The molecule has 0 aromatic heterocycles. The Labute approximate surface area is 114 Å². The molecule has 108 valence electrons. The van der Waals surface area contributed by atoms with Crippen LogP contribution in [-0.4, -0.2) is 25.3 Å².